The van der Waals surface area contributed by atoms with Crippen LogP contribution in [0.3, 0.4) is 0 Å². The van der Waals surface area contributed by atoms with E-state index in [0.29, 0.717) is 18.8 Å². The molecule has 4 nitrogen and oxygen atoms in total. The smallest absolute Gasteiger partial charge is 0.247 e. The first-order valence-electron chi connectivity index (χ1n) is 6.10. The van der Waals surface area contributed by atoms with Crippen LogP contribution in [-0.4, -0.2) is 36.5 Å². The van der Waals surface area contributed by atoms with E-state index >= 15 is 0 Å². The second-order valence-corrected chi connectivity index (χ2v) is 5.25. The maximum atomic E-state index is 13.5. The van der Waals surface area contributed by atoms with E-state index in [1.54, 1.807) is 18.0 Å². The molecule has 0 spiro atoms. The lowest BCUT2D eigenvalue weighted by molar-refractivity contribution is -0.136. The lowest BCUT2D eigenvalue weighted by atomic mass is 9.96. The standard InChI is InChI=1S/C14H16FN3O/c1-14(2)13(19)17(3)4-5-18(14)12-7-10(9-16)6-11(15)8-12/h6-8H,4-5H2,1-3H3. The predicted molar refractivity (Wildman–Crippen MR) is 70.2 cm³/mol. The average Bonchev–Trinajstić information content (AvgIpc) is 2.35. The number of likely N-dealkylation sites (N-methyl/N-ethyl adjacent to an activating group) is 1. The molecule has 0 N–H and O–H groups in total. The van der Waals surface area contributed by atoms with Crippen molar-refractivity contribution in [2.45, 2.75) is 19.4 Å². The maximum Gasteiger partial charge on any atom is 0.247 e. The van der Waals surface area contributed by atoms with Crippen molar-refractivity contribution in [2.24, 2.45) is 0 Å². The number of anilines is 1. The molecule has 2 rings (SSSR count). The number of halogens is 1. The zero-order valence-corrected chi connectivity index (χ0v) is 11.3. The lowest BCUT2D eigenvalue weighted by Gasteiger charge is -2.46. The molecule has 1 aliphatic rings. The molecule has 5 heteroatoms. The summed E-state index contributed by atoms with van der Waals surface area (Å²) >= 11 is 0. The van der Waals surface area contributed by atoms with Gasteiger partial charge >= 0.3 is 0 Å². The summed E-state index contributed by atoms with van der Waals surface area (Å²) in [6.45, 7) is 4.81. The number of piperazine rings is 1. The fourth-order valence-corrected chi connectivity index (χ4v) is 2.46. The SMILES string of the molecule is CN1CCN(c2cc(F)cc(C#N)c2)C(C)(C)C1=O. The fourth-order valence-electron chi connectivity index (χ4n) is 2.46. The number of nitrogens with zero attached hydrogens (tertiary/aromatic N) is 3. The third kappa shape index (κ3) is 2.26. The van der Waals surface area contributed by atoms with E-state index in [-0.39, 0.29) is 11.5 Å². The van der Waals surface area contributed by atoms with E-state index in [4.69, 9.17) is 5.26 Å². The van der Waals surface area contributed by atoms with Gasteiger partial charge in [-0.05, 0) is 32.0 Å². The van der Waals surface area contributed by atoms with Gasteiger partial charge in [-0.25, -0.2) is 4.39 Å². The van der Waals surface area contributed by atoms with Crippen molar-refractivity contribution in [3.05, 3.63) is 29.6 Å². The molecule has 1 aliphatic heterocycles. The summed E-state index contributed by atoms with van der Waals surface area (Å²) in [6, 6.07) is 6.10. The van der Waals surface area contributed by atoms with Gasteiger partial charge in [0, 0.05) is 25.8 Å². The van der Waals surface area contributed by atoms with Gasteiger partial charge in [-0.2, -0.15) is 5.26 Å². The van der Waals surface area contributed by atoms with E-state index in [2.05, 4.69) is 0 Å². The molecule has 1 amide bonds. The van der Waals surface area contributed by atoms with E-state index in [1.807, 2.05) is 24.8 Å². The molecule has 0 unspecified atom stereocenters. The van der Waals surface area contributed by atoms with Crippen LogP contribution in [0, 0.1) is 17.1 Å². The van der Waals surface area contributed by atoms with Crippen LogP contribution in [0.1, 0.15) is 19.4 Å². The van der Waals surface area contributed by atoms with E-state index < -0.39 is 11.4 Å². The molecule has 0 atom stereocenters. The summed E-state index contributed by atoms with van der Waals surface area (Å²) in [5, 5.41) is 8.90. The van der Waals surface area contributed by atoms with Gasteiger partial charge in [0.25, 0.3) is 0 Å². The number of benzene rings is 1. The Hall–Kier alpha value is -2.09. The Labute approximate surface area is 112 Å². The Kier molecular flexibility index (Phi) is 3.19. The van der Waals surface area contributed by atoms with Gasteiger partial charge in [-0.1, -0.05) is 0 Å². The van der Waals surface area contributed by atoms with Crippen molar-refractivity contribution in [2.75, 3.05) is 25.0 Å². The first-order chi connectivity index (χ1) is 8.86. The van der Waals surface area contributed by atoms with Crippen LogP contribution in [0.25, 0.3) is 0 Å². The molecule has 0 radical (unpaired) electrons. The van der Waals surface area contributed by atoms with Gasteiger partial charge in [0.15, 0.2) is 0 Å². The van der Waals surface area contributed by atoms with Crippen LogP contribution in [0.5, 0.6) is 0 Å². The molecule has 0 bridgehead atoms. The summed E-state index contributed by atoms with van der Waals surface area (Å²) in [6.07, 6.45) is 0. The van der Waals surface area contributed by atoms with Crippen LogP contribution in [-0.2, 0) is 4.79 Å². The van der Waals surface area contributed by atoms with Crippen LogP contribution in [0.15, 0.2) is 18.2 Å². The van der Waals surface area contributed by atoms with Crippen LogP contribution in [0.4, 0.5) is 10.1 Å². The van der Waals surface area contributed by atoms with Gasteiger partial charge in [-0.3, -0.25) is 4.79 Å². The first kappa shape index (κ1) is 13.3. The van der Waals surface area contributed by atoms with Crippen LogP contribution >= 0.6 is 0 Å². The first-order valence-corrected chi connectivity index (χ1v) is 6.10. The molecule has 1 saturated heterocycles. The molecule has 1 heterocycles. The van der Waals surface area contributed by atoms with Gasteiger partial charge in [-0.15, -0.1) is 0 Å². The Bertz CT molecular complexity index is 562. The molecule has 0 aromatic heterocycles. The monoisotopic (exact) mass is 261 g/mol. The molecular weight excluding hydrogens is 245 g/mol. The predicted octanol–water partition coefficient (Wildman–Crippen LogP) is 1.75. The van der Waals surface area contributed by atoms with E-state index in [9.17, 15) is 9.18 Å². The number of carbonyl (C=O) groups is 1. The fraction of sp³-hybridized carbons (Fsp3) is 0.429. The highest BCUT2D eigenvalue weighted by molar-refractivity contribution is 5.90. The van der Waals surface area contributed by atoms with Crippen molar-refractivity contribution in [3.63, 3.8) is 0 Å². The summed E-state index contributed by atoms with van der Waals surface area (Å²) in [5.41, 5.74) is 0.0910. The number of hydrogen-bond donors (Lipinski definition) is 0. The van der Waals surface area contributed by atoms with E-state index in [0.717, 1.165) is 0 Å². The molecule has 0 saturated carbocycles. The number of nitriles is 1. The Morgan fingerprint density at radius 2 is 2.00 bits per heavy atom. The number of amides is 1. The van der Waals surface area contributed by atoms with Crippen molar-refractivity contribution in [1.29, 1.82) is 5.26 Å². The minimum absolute atomic E-state index is 0.0125. The minimum atomic E-state index is -0.743. The maximum absolute atomic E-state index is 13.5. The normalized spacial score (nSPS) is 18.4. The Morgan fingerprint density at radius 1 is 1.32 bits per heavy atom. The highest BCUT2D eigenvalue weighted by Gasteiger charge is 2.40. The molecule has 0 aliphatic carbocycles. The van der Waals surface area contributed by atoms with Crippen molar-refractivity contribution >= 4 is 11.6 Å². The number of carbonyl (C=O) groups excluding carboxylic acids is 1. The minimum Gasteiger partial charge on any atom is -0.356 e. The second-order valence-electron chi connectivity index (χ2n) is 5.25. The largest absolute Gasteiger partial charge is 0.356 e. The molecule has 1 aromatic rings. The van der Waals surface area contributed by atoms with Crippen molar-refractivity contribution < 1.29 is 9.18 Å². The van der Waals surface area contributed by atoms with Gasteiger partial charge in [0.2, 0.25) is 5.91 Å². The molecule has 1 aromatic carbocycles. The van der Waals surface area contributed by atoms with Crippen LogP contribution < -0.4 is 4.90 Å². The summed E-state index contributed by atoms with van der Waals surface area (Å²) in [7, 11) is 1.76. The lowest BCUT2D eigenvalue weighted by Crippen LogP contribution is -2.62. The molecular formula is C14H16FN3O. The highest BCUT2D eigenvalue weighted by atomic mass is 19.1. The zero-order valence-electron chi connectivity index (χ0n) is 11.3. The quantitative estimate of drug-likeness (QED) is 0.774. The van der Waals surface area contributed by atoms with Crippen molar-refractivity contribution in [3.8, 4) is 6.07 Å². The zero-order chi connectivity index (χ0) is 14.2. The van der Waals surface area contributed by atoms with Crippen LogP contribution in [0.2, 0.25) is 0 Å². The van der Waals surface area contributed by atoms with Gasteiger partial charge < -0.3 is 9.80 Å². The van der Waals surface area contributed by atoms with Gasteiger partial charge in [0.1, 0.15) is 11.4 Å². The second kappa shape index (κ2) is 4.54. The summed E-state index contributed by atoms with van der Waals surface area (Å²) in [5.74, 6) is -0.474. The summed E-state index contributed by atoms with van der Waals surface area (Å²) < 4.78 is 13.5. The third-order valence-electron chi connectivity index (χ3n) is 3.53. The Morgan fingerprint density at radius 3 is 2.63 bits per heavy atom. The van der Waals surface area contributed by atoms with Crippen molar-refractivity contribution in [1.82, 2.24) is 4.90 Å². The topological polar surface area (TPSA) is 47.3 Å². The van der Waals surface area contributed by atoms with Gasteiger partial charge in [0.05, 0.1) is 11.6 Å². The third-order valence-corrected chi connectivity index (χ3v) is 3.53. The number of hydrogen-bond acceptors (Lipinski definition) is 3. The molecule has 100 valence electrons. The van der Waals surface area contributed by atoms with E-state index in [1.165, 1.54) is 12.1 Å². The molecule has 1 fully saturated rings. The highest BCUT2D eigenvalue weighted by Crippen LogP contribution is 2.29. The number of rotatable bonds is 1. The Balaban J connectivity index is 2.44. The average molecular weight is 261 g/mol. The summed E-state index contributed by atoms with van der Waals surface area (Å²) in [4.78, 5) is 15.7. The molecule has 19 heavy (non-hydrogen) atoms.